The van der Waals surface area contributed by atoms with Crippen molar-refractivity contribution in [2.75, 3.05) is 6.61 Å². The van der Waals surface area contributed by atoms with E-state index in [0.717, 1.165) is 32.1 Å². The molecule has 0 saturated carbocycles. The monoisotopic (exact) mass is 241 g/mol. The first-order valence-corrected chi connectivity index (χ1v) is 6.81. The summed E-state index contributed by atoms with van der Waals surface area (Å²) in [5, 5.41) is 10.5. The Morgan fingerprint density at radius 3 is 3.25 bits per heavy atom. The second kappa shape index (κ2) is 5.25. The maximum Gasteiger partial charge on any atom is 0.0794 e. The topological polar surface area (TPSA) is 42.4 Å². The SMILES string of the molecule is CCCC1CC(O)(Cc2cncs2)CCO1. The third-order valence-corrected chi connectivity index (χ3v) is 3.91. The molecule has 0 amide bonds. The van der Waals surface area contributed by atoms with Crippen LogP contribution < -0.4 is 0 Å². The van der Waals surface area contributed by atoms with Crippen molar-refractivity contribution in [3.63, 3.8) is 0 Å². The molecule has 16 heavy (non-hydrogen) atoms. The lowest BCUT2D eigenvalue weighted by atomic mass is 9.86. The summed E-state index contributed by atoms with van der Waals surface area (Å²) in [7, 11) is 0. The van der Waals surface area contributed by atoms with Gasteiger partial charge in [-0.2, -0.15) is 0 Å². The Balaban J connectivity index is 1.95. The number of hydrogen-bond acceptors (Lipinski definition) is 4. The number of aromatic nitrogens is 1. The molecule has 1 saturated heterocycles. The molecule has 90 valence electrons. The smallest absolute Gasteiger partial charge is 0.0794 e. The second-order valence-corrected chi connectivity index (χ2v) is 5.58. The van der Waals surface area contributed by atoms with Gasteiger partial charge >= 0.3 is 0 Å². The summed E-state index contributed by atoms with van der Waals surface area (Å²) in [6.45, 7) is 2.83. The lowest BCUT2D eigenvalue weighted by Crippen LogP contribution is -2.42. The quantitative estimate of drug-likeness (QED) is 0.880. The van der Waals surface area contributed by atoms with Crippen molar-refractivity contribution in [1.29, 1.82) is 0 Å². The van der Waals surface area contributed by atoms with Crippen molar-refractivity contribution in [2.45, 2.75) is 50.7 Å². The van der Waals surface area contributed by atoms with E-state index in [1.54, 1.807) is 11.3 Å². The van der Waals surface area contributed by atoms with Crippen LogP contribution in [-0.2, 0) is 11.2 Å². The fourth-order valence-corrected chi connectivity index (χ4v) is 3.05. The molecule has 2 atom stereocenters. The number of aliphatic hydroxyl groups is 1. The fourth-order valence-electron chi connectivity index (χ4n) is 2.32. The van der Waals surface area contributed by atoms with E-state index in [1.165, 1.54) is 4.88 Å². The van der Waals surface area contributed by atoms with Crippen LogP contribution in [0.3, 0.4) is 0 Å². The number of hydrogen-bond donors (Lipinski definition) is 1. The number of ether oxygens (including phenoxy) is 1. The summed E-state index contributed by atoms with van der Waals surface area (Å²) >= 11 is 1.62. The van der Waals surface area contributed by atoms with Crippen LogP contribution in [0, 0.1) is 0 Å². The lowest BCUT2D eigenvalue weighted by molar-refractivity contribution is -0.104. The fraction of sp³-hybridized carbons (Fsp3) is 0.750. The van der Waals surface area contributed by atoms with E-state index in [0.29, 0.717) is 6.61 Å². The normalized spacial score (nSPS) is 30.5. The van der Waals surface area contributed by atoms with Crippen LogP contribution in [0.5, 0.6) is 0 Å². The molecule has 0 aromatic carbocycles. The van der Waals surface area contributed by atoms with E-state index in [-0.39, 0.29) is 6.10 Å². The number of rotatable bonds is 4. The average Bonchev–Trinajstić information content (AvgIpc) is 2.70. The molecule has 4 heteroatoms. The molecule has 0 bridgehead atoms. The van der Waals surface area contributed by atoms with E-state index >= 15 is 0 Å². The second-order valence-electron chi connectivity index (χ2n) is 4.60. The van der Waals surface area contributed by atoms with Crippen LogP contribution in [0.4, 0.5) is 0 Å². The molecule has 1 aliphatic heterocycles. The molecule has 0 spiro atoms. The van der Waals surface area contributed by atoms with Gasteiger partial charge in [0.25, 0.3) is 0 Å². The highest BCUT2D eigenvalue weighted by Gasteiger charge is 2.35. The molecule has 1 fully saturated rings. The van der Waals surface area contributed by atoms with E-state index in [2.05, 4.69) is 11.9 Å². The highest BCUT2D eigenvalue weighted by atomic mass is 32.1. The van der Waals surface area contributed by atoms with Crippen LogP contribution >= 0.6 is 11.3 Å². The third-order valence-electron chi connectivity index (χ3n) is 3.13. The van der Waals surface area contributed by atoms with Crippen LogP contribution in [-0.4, -0.2) is 28.4 Å². The first kappa shape index (κ1) is 12.0. The molecule has 1 N–H and O–H groups in total. The maximum absolute atomic E-state index is 10.5. The number of thiazole rings is 1. The molecule has 1 aromatic heterocycles. The predicted octanol–water partition coefficient (Wildman–Crippen LogP) is 2.40. The van der Waals surface area contributed by atoms with Gasteiger partial charge in [-0.25, -0.2) is 0 Å². The lowest BCUT2D eigenvalue weighted by Gasteiger charge is -2.36. The van der Waals surface area contributed by atoms with Gasteiger partial charge in [-0.1, -0.05) is 13.3 Å². The minimum Gasteiger partial charge on any atom is -0.389 e. The predicted molar refractivity (Wildman–Crippen MR) is 64.6 cm³/mol. The van der Waals surface area contributed by atoms with E-state index in [9.17, 15) is 5.11 Å². The van der Waals surface area contributed by atoms with Crippen molar-refractivity contribution in [1.82, 2.24) is 4.98 Å². The third kappa shape index (κ3) is 3.03. The molecule has 1 aliphatic rings. The Morgan fingerprint density at radius 1 is 1.69 bits per heavy atom. The van der Waals surface area contributed by atoms with Crippen molar-refractivity contribution in [3.8, 4) is 0 Å². The van der Waals surface area contributed by atoms with Gasteiger partial charge in [0.1, 0.15) is 0 Å². The van der Waals surface area contributed by atoms with Crippen LogP contribution in [0.2, 0.25) is 0 Å². The summed E-state index contributed by atoms with van der Waals surface area (Å²) in [4.78, 5) is 5.22. The largest absolute Gasteiger partial charge is 0.389 e. The van der Waals surface area contributed by atoms with E-state index < -0.39 is 5.60 Å². The first-order chi connectivity index (χ1) is 7.72. The standard InChI is InChI=1S/C12H19NO2S/c1-2-3-10-6-12(14,4-5-15-10)7-11-8-13-9-16-11/h8-10,14H,2-7H2,1H3. The zero-order valence-corrected chi connectivity index (χ0v) is 10.5. The van der Waals surface area contributed by atoms with Gasteiger partial charge in [0.2, 0.25) is 0 Å². The Labute approximate surface area is 100 Å². The van der Waals surface area contributed by atoms with Crippen LogP contribution in [0.15, 0.2) is 11.7 Å². The molecule has 2 heterocycles. The average molecular weight is 241 g/mol. The van der Waals surface area contributed by atoms with Gasteiger partial charge in [-0.3, -0.25) is 4.98 Å². The van der Waals surface area contributed by atoms with Gasteiger partial charge < -0.3 is 9.84 Å². The molecule has 2 rings (SSSR count). The van der Waals surface area contributed by atoms with Gasteiger partial charge in [0.15, 0.2) is 0 Å². The van der Waals surface area contributed by atoms with E-state index in [4.69, 9.17) is 4.74 Å². The van der Waals surface area contributed by atoms with Crippen molar-refractivity contribution in [3.05, 3.63) is 16.6 Å². The zero-order valence-electron chi connectivity index (χ0n) is 9.69. The number of nitrogens with zero attached hydrogens (tertiary/aromatic N) is 1. The van der Waals surface area contributed by atoms with Gasteiger partial charge in [0.05, 0.1) is 17.2 Å². The van der Waals surface area contributed by atoms with Crippen molar-refractivity contribution >= 4 is 11.3 Å². The molecule has 2 unspecified atom stereocenters. The summed E-state index contributed by atoms with van der Waals surface area (Å²) in [5.41, 5.74) is 1.24. The molecular formula is C12H19NO2S. The molecule has 0 radical (unpaired) electrons. The van der Waals surface area contributed by atoms with Crippen LogP contribution in [0.1, 0.15) is 37.5 Å². The molecular weight excluding hydrogens is 222 g/mol. The summed E-state index contributed by atoms with van der Waals surface area (Å²) in [5.74, 6) is 0. The van der Waals surface area contributed by atoms with Crippen molar-refractivity contribution < 1.29 is 9.84 Å². The minimum absolute atomic E-state index is 0.233. The van der Waals surface area contributed by atoms with Gasteiger partial charge in [-0.05, 0) is 12.8 Å². The minimum atomic E-state index is -0.579. The van der Waals surface area contributed by atoms with Crippen molar-refractivity contribution in [2.24, 2.45) is 0 Å². The van der Waals surface area contributed by atoms with Gasteiger partial charge in [-0.15, -0.1) is 11.3 Å². The Morgan fingerprint density at radius 2 is 2.56 bits per heavy atom. The molecule has 3 nitrogen and oxygen atoms in total. The summed E-state index contributed by atoms with van der Waals surface area (Å²) in [6, 6.07) is 0. The first-order valence-electron chi connectivity index (χ1n) is 5.93. The summed E-state index contributed by atoms with van der Waals surface area (Å²) in [6.07, 6.45) is 6.47. The Bertz CT molecular complexity index is 313. The van der Waals surface area contributed by atoms with Crippen LogP contribution in [0.25, 0.3) is 0 Å². The molecule has 0 aliphatic carbocycles. The maximum atomic E-state index is 10.5. The Kier molecular flexibility index (Phi) is 3.95. The highest BCUT2D eigenvalue weighted by molar-refractivity contribution is 7.09. The molecule has 1 aromatic rings. The highest BCUT2D eigenvalue weighted by Crippen LogP contribution is 2.31. The van der Waals surface area contributed by atoms with E-state index in [1.807, 2.05) is 11.7 Å². The summed E-state index contributed by atoms with van der Waals surface area (Å²) < 4.78 is 5.66. The van der Waals surface area contributed by atoms with Gasteiger partial charge in [0, 0.05) is 30.5 Å². The Hall–Kier alpha value is -0.450. The zero-order chi connectivity index (χ0) is 11.4.